The molecule has 6 nitrogen and oxygen atoms in total. The number of amides is 1. The zero-order valence-corrected chi connectivity index (χ0v) is 19.0. The molecule has 3 rings (SSSR count). The Morgan fingerprint density at radius 3 is 2.59 bits per heavy atom. The third-order valence-electron chi connectivity index (χ3n) is 5.89. The van der Waals surface area contributed by atoms with Gasteiger partial charge in [-0.25, -0.2) is 14.4 Å². The summed E-state index contributed by atoms with van der Waals surface area (Å²) in [5.41, 5.74) is 1.96. The van der Waals surface area contributed by atoms with Gasteiger partial charge in [-0.05, 0) is 55.7 Å². The summed E-state index contributed by atoms with van der Waals surface area (Å²) in [5.74, 6) is -0.0985. The molecular formula is C25H31FN4O2. The van der Waals surface area contributed by atoms with E-state index < -0.39 is 0 Å². The van der Waals surface area contributed by atoms with E-state index in [1.54, 1.807) is 12.3 Å². The number of aryl methyl sites for hydroxylation is 1. The Morgan fingerprint density at radius 2 is 1.91 bits per heavy atom. The van der Waals surface area contributed by atoms with Gasteiger partial charge in [0, 0.05) is 30.0 Å². The number of fused-ring (bicyclic) bond motifs is 1. The fourth-order valence-corrected chi connectivity index (χ4v) is 4.23. The zero-order chi connectivity index (χ0) is 22.9. The van der Waals surface area contributed by atoms with Crippen molar-refractivity contribution in [1.82, 2.24) is 20.3 Å². The van der Waals surface area contributed by atoms with E-state index >= 15 is 0 Å². The Bertz CT molecular complexity index is 1030. The molecule has 0 saturated carbocycles. The summed E-state index contributed by atoms with van der Waals surface area (Å²) in [7, 11) is 1.49. The Balaban J connectivity index is 1.64. The van der Waals surface area contributed by atoms with Crippen LogP contribution in [0.3, 0.4) is 0 Å². The van der Waals surface area contributed by atoms with Crippen LogP contribution in [0.5, 0.6) is 6.01 Å². The average Bonchev–Trinajstić information content (AvgIpc) is 2.82. The molecule has 0 fully saturated rings. The number of nitrogens with zero attached hydrogens (tertiary/aromatic N) is 3. The third kappa shape index (κ3) is 5.78. The first-order valence-corrected chi connectivity index (χ1v) is 11.3. The molecule has 1 N–H and O–H groups in total. The normalized spacial score (nSPS) is 13.0. The van der Waals surface area contributed by atoms with Gasteiger partial charge in [-0.15, -0.1) is 0 Å². The molecule has 0 unspecified atom stereocenters. The number of carbonyl (C=O) groups excluding carboxylic acids is 1. The highest BCUT2D eigenvalue weighted by Crippen LogP contribution is 2.25. The summed E-state index contributed by atoms with van der Waals surface area (Å²) >= 11 is 0. The number of ether oxygens (including phenoxy) is 1. The van der Waals surface area contributed by atoms with Crippen molar-refractivity contribution in [3.8, 4) is 6.01 Å². The van der Waals surface area contributed by atoms with Crippen molar-refractivity contribution < 1.29 is 13.9 Å². The molecule has 1 aromatic carbocycles. The minimum Gasteiger partial charge on any atom is -0.467 e. The van der Waals surface area contributed by atoms with Gasteiger partial charge in [-0.3, -0.25) is 9.78 Å². The lowest BCUT2D eigenvalue weighted by Crippen LogP contribution is -2.40. The van der Waals surface area contributed by atoms with Gasteiger partial charge in [-0.1, -0.05) is 32.4 Å². The minimum absolute atomic E-state index is 0.0659. The predicted octanol–water partition coefficient (Wildman–Crippen LogP) is 5.12. The Hall–Kier alpha value is -3.09. The molecule has 2 atom stereocenters. The molecule has 0 aliphatic carbocycles. The highest BCUT2D eigenvalue weighted by molar-refractivity contribution is 5.93. The van der Waals surface area contributed by atoms with Crippen LogP contribution in [0.15, 0.2) is 42.9 Å². The summed E-state index contributed by atoms with van der Waals surface area (Å²) in [6, 6.07) is 7.38. The number of pyridine rings is 1. The van der Waals surface area contributed by atoms with Gasteiger partial charge < -0.3 is 10.1 Å². The van der Waals surface area contributed by atoms with Crippen molar-refractivity contribution in [2.24, 2.45) is 5.92 Å². The second kappa shape index (κ2) is 11.5. The largest absolute Gasteiger partial charge is 0.467 e. The van der Waals surface area contributed by atoms with Gasteiger partial charge in [0.05, 0.1) is 12.7 Å². The number of methoxy groups -OCH3 is 1. The maximum Gasteiger partial charge on any atom is 0.316 e. The van der Waals surface area contributed by atoms with Crippen LogP contribution >= 0.6 is 0 Å². The van der Waals surface area contributed by atoms with E-state index in [1.807, 2.05) is 12.1 Å². The molecular weight excluding hydrogens is 407 g/mol. The molecule has 3 aromatic rings. The van der Waals surface area contributed by atoms with Crippen LogP contribution in [0.1, 0.15) is 61.9 Å². The van der Waals surface area contributed by atoms with E-state index in [-0.39, 0.29) is 23.8 Å². The minimum atomic E-state index is -0.288. The van der Waals surface area contributed by atoms with E-state index in [4.69, 9.17) is 4.74 Å². The summed E-state index contributed by atoms with van der Waals surface area (Å²) in [6.07, 6.45) is 10.3. The molecule has 0 aliphatic rings. The van der Waals surface area contributed by atoms with Crippen LogP contribution in [0.4, 0.5) is 4.39 Å². The van der Waals surface area contributed by atoms with Crippen LogP contribution < -0.4 is 10.1 Å². The van der Waals surface area contributed by atoms with Crippen molar-refractivity contribution in [3.63, 3.8) is 0 Å². The van der Waals surface area contributed by atoms with E-state index in [0.717, 1.165) is 49.5 Å². The first-order valence-electron chi connectivity index (χ1n) is 11.3. The van der Waals surface area contributed by atoms with Gasteiger partial charge in [0.2, 0.25) is 0 Å². The fourth-order valence-electron chi connectivity index (χ4n) is 4.23. The standard InChI is InChI=1S/C25H31FN4O2/c1-4-8-18(22(5-2)30-24(31)19-15-28-25(32-3)29-16-19)10-6-9-17-13-14-27-23-20(17)11-7-12-21(23)26/h7,11-16,18,22H,4-6,8-10H2,1-3H3,(H,30,31)/t18-,22-/m1/s1. The molecule has 0 saturated heterocycles. The molecule has 0 bridgehead atoms. The molecule has 0 radical (unpaired) electrons. The zero-order valence-electron chi connectivity index (χ0n) is 19.0. The van der Waals surface area contributed by atoms with Crippen LogP contribution in [0.25, 0.3) is 10.9 Å². The molecule has 2 aromatic heterocycles. The second-order valence-electron chi connectivity index (χ2n) is 7.99. The van der Waals surface area contributed by atoms with Crippen molar-refractivity contribution in [2.75, 3.05) is 7.11 Å². The van der Waals surface area contributed by atoms with Crippen LogP contribution in [0, 0.1) is 11.7 Å². The lowest BCUT2D eigenvalue weighted by atomic mass is 9.87. The van der Waals surface area contributed by atoms with E-state index in [9.17, 15) is 9.18 Å². The molecule has 0 spiro atoms. The topological polar surface area (TPSA) is 77.0 Å². The van der Waals surface area contributed by atoms with Gasteiger partial charge in [0.25, 0.3) is 5.91 Å². The Kier molecular flexibility index (Phi) is 8.48. The number of carbonyl (C=O) groups is 1. The maximum atomic E-state index is 14.1. The van der Waals surface area contributed by atoms with Crippen LogP contribution in [-0.4, -0.2) is 34.0 Å². The van der Waals surface area contributed by atoms with Crippen molar-refractivity contribution in [1.29, 1.82) is 0 Å². The maximum absolute atomic E-state index is 14.1. The lowest BCUT2D eigenvalue weighted by molar-refractivity contribution is 0.0914. The highest BCUT2D eigenvalue weighted by atomic mass is 19.1. The Morgan fingerprint density at radius 1 is 1.12 bits per heavy atom. The lowest BCUT2D eigenvalue weighted by Gasteiger charge is -2.27. The fraction of sp³-hybridized carbons (Fsp3) is 0.440. The van der Waals surface area contributed by atoms with Crippen LogP contribution in [0.2, 0.25) is 0 Å². The molecule has 1 amide bonds. The molecule has 0 aliphatic heterocycles. The Labute approximate surface area is 188 Å². The number of para-hydroxylation sites is 1. The third-order valence-corrected chi connectivity index (χ3v) is 5.89. The summed E-state index contributed by atoms with van der Waals surface area (Å²) in [5, 5.41) is 4.05. The SMILES string of the molecule is CCC[C@H](CCCc1ccnc2c(F)cccc12)[C@@H](CC)NC(=O)c1cnc(OC)nc1. The number of hydrogen-bond donors (Lipinski definition) is 1. The number of aromatic nitrogens is 3. The van der Waals surface area contributed by atoms with Gasteiger partial charge in [0.15, 0.2) is 0 Å². The predicted molar refractivity (Wildman–Crippen MR) is 123 cm³/mol. The first-order chi connectivity index (χ1) is 15.6. The van der Waals surface area contributed by atoms with Gasteiger partial charge in [-0.2, -0.15) is 0 Å². The summed E-state index contributed by atoms with van der Waals surface area (Å²) < 4.78 is 19.0. The summed E-state index contributed by atoms with van der Waals surface area (Å²) in [6.45, 7) is 4.26. The number of rotatable bonds is 11. The quantitative estimate of drug-likeness (QED) is 0.450. The molecule has 7 heteroatoms. The number of hydrogen-bond acceptors (Lipinski definition) is 5. The van der Waals surface area contributed by atoms with E-state index in [2.05, 4.69) is 34.1 Å². The number of nitrogens with one attached hydrogen (secondary N) is 1. The van der Waals surface area contributed by atoms with E-state index in [0.29, 0.717) is 17.0 Å². The van der Waals surface area contributed by atoms with Crippen molar-refractivity contribution >= 4 is 16.8 Å². The van der Waals surface area contributed by atoms with E-state index in [1.165, 1.54) is 25.6 Å². The molecule has 170 valence electrons. The van der Waals surface area contributed by atoms with Crippen molar-refractivity contribution in [3.05, 3.63) is 59.8 Å². The van der Waals surface area contributed by atoms with Gasteiger partial charge >= 0.3 is 6.01 Å². The number of halogens is 1. The second-order valence-corrected chi connectivity index (χ2v) is 7.99. The average molecular weight is 439 g/mol. The smallest absolute Gasteiger partial charge is 0.316 e. The monoisotopic (exact) mass is 438 g/mol. The molecule has 2 heterocycles. The molecule has 32 heavy (non-hydrogen) atoms. The number of benzene rings is 1. The first kappa shape index (κ1) is 23.6. The highest BCUT2D eigenvalue weighted by Gasteiger charge is 2.22. The van der Waals surface area contributed by atoms with Gasteiger partial charge in [0.1, 0.15) is 11.3 Å². The van der Waals surface area contributed by atoms with Crippen molar-refractivity contribution in [2.45, 2.75) is 58.4 Å². The summed E-state index contributed by atoms with van der Waals surface area (Å²) in [4.78, 5) is 25.0. The van der Waals surface area contributed by atoms with Crippen LogP contribution in [-0.2, 0) is 6.42 Å².